The van der Waals surface area contributed by atoms with Gasteiger partial charge in [0, 0.05) is 37.6 Å². The quantitative estimate of drug-likeness (QED) is 0.259. The van der Waals surface area contributed by atoms with Gasteiger partial charge in [-0.05, 0) is 30.2 Å². The third kappa shape index (κ3) is 8.02. The Balaban J connectivity index is 0.00000300. The second-order valence-corrected chi connectivity index (χ2v) is 7.70. The molecule has 1 aromatic heterocycles. The Kier molecular flexibility index (Phi) is 9.93. The summed E-state index contributed by atoms with van der Waals surface area (Å²) in [6.45, 7) is 4.17. The standard InChI is InChI=1S/C22H26N4OS.HI/c1-17-14-25-21(28-17)12-13-24-22(23-2)26-15-18-8-10-19(11-9-18)16-27-20-6-4-3-5-7-20;/h3-11,14H,12-13,15-16H2,1-2H3,(H2,23,24,26);1H. The van der Waals surface area contributed by atoms with Crippen LogP contribution < -0.4 is 15.4 Å². The van der Waals surface area contributed by atoms with E-state index in [9.17, 15) is 0 Å². The van der Waals surface area contributed by atoms with E-state index in [2.05, 4.69) is 51.8 Å². The van der Waals surface area contributed by atoms with Crippen molar-refractivity contribution in [3.05, 3.63) is 81.8 Å². The topological polar surface area (TPSA) is 58.5 Å². The van der Waals surface area contributed by atoms with Crippen LogP contribution in [-0.4, -0.2) is 24.5 Å². The molecule has 5 nitrogen and oxygen atoms in total. The molecule has 0 fully saturated rings. The van der Waals surface area contributed by atoms with E-state index in [0.29, 0.717) is 6.61 Å². The zero-order valence-corrected chi connectivity index (χ0v) is 19.9. The van der Waals surface area contributed by atoms with Crippen molar-refractivity contribution in [2.45, 2.75) is 26.5 Å². The third-order valence-corrected chi connectivity index (χ3v) is 5.13. The van der Waals surface area contributed by atoms with E-state index < -0.39 is 0 Å². The number of hydrogen-bond donors (Lipinski definition) is 2. The summed E-state index contributed by atoms with van der Waals surface area (Å²) in [6, 6.07) is 18.3. The minimum atomic E-state index is 0. The SMILES string of the molecule is CN=C(NCCc1ncc(C)s1)NCc1ccc(COc2ccccc2)cc1.I. The Morgan fingerprint density at radius 3 is 2.41 bits per heavy atom. The third-order valence-electron chi connectivity index (χ3n) is 4.16. The molecule has 1 heterocycles. The Labute approximate surface area is 193 Å². The predicted molar refractivity (Wildman–Crippen MR) is 131 cm³/mol. The molecular formula is C22H27IN4OS. The lowest BCUT2D eigenvalue weighted by atomic mass is 10.1. The second-order valence-electron chi connectivity index (χ2n) is 6.39. The van der Waals surface area contributed by atoms with Crippen LogP contribution in [0.1, 0.15) is 21.0 Å². The van der Waals surface area contributed by atoms with Gasteiger partial charge in [0.1, 0.15) is 12.4 Å². The second kappa shape index (κ2) is 12.4. The Morgan fingerprint density at radius 1 is 1.03 bits per heavy atom. The highest BCUT2D eigenvalue weighted by atomic mass is 127. The van der Waals surface area contributed by atoms with Crippen molar-refractivity contribution >= 4 is 41.3 Å². The zero-order chi connectivity index (χ0) is 19.6. The minimum absolute atomic E-state index is 0. The molecule has 0 aliphatic rings. The van der Waals surface area contributed by atoms with Gasteiger partial charge in [-0.15, -0.1) is 35.3 Å². The van der Waals surface area contributed by atoms with E-state index in [4.69, 9.17) is 4.74 Å². The predicted octanol–water partition coefficient (Wildman–Crippen LogP) is 4.56. The number of aromatic nitrogens is 1. The molecule has 2 N–H and O–H groups in total. The Hall–Kier alpha value is -2.13. The smallest absolute Gasteiger partial charge is 0.191 e. The van der Waals surface area contributed by atoms with E-state index in [0.717, 1.165) is 41.8 Å². The normalized spacial score (nSPS) is 10.9. The van der Waals surface area contributed by atoms with Gasteiger partial charge in [0.2, 0.25) is 0 Å². The summed E-state index contributed by atoms with van der Waals surface area (Å²) >= 11 is 1.74. The molecule has 0 saturated heterocycles. The van der Waals surface area contributed by atoms with Gasteiger partial charge in [-0.3, -0.25) is 4.99 Å². The van der Waals surface area contributed by atoms with Gasteiger partial charge in [-0.1, -0.05) is 42.5 Å². The number of aryl methyl sites for hydroxylation is 1. The number of rotatable bonds is 8. The minimum Gasteiger partial charge on any atom is -0.489 e. The molecular weight excluding hydrogens is 495 g/mol. The summed E-state index contributed by atoms with van der Waals surface area (Å²) < 4.78 is 5.78. The van der Waals surface area contributed by atoms with Gasteiger partial charge in [0.25, 0.3) is 0 Å². The van der Waals surface area contributed by atoms with Crippen molar-refractivity contribution in [3.63, 3.8) is 0 Å². The first-order valence-corrected chi connectivity index (χ1v) is 10.2. The summed E-state index contributed by atoms with van der Waals surface area (Å²) in [5.41, 5.74) is 2.34. The summed E-state index contributed by atoms with van der Waals surface area (Å²) in [4.78, 5) is 9.91. The fourth-order valence-electron chi connectivity index (χ4n) is 2.65. The van der Waals surface area contributed by atoms with Crippen LogP contribution in [0.3, 0.4) is 0 Å². The van der Waals surface area contributed by atoms with Crippen LogP contribution in [0, 0.1) is 6.92 Å². The molecule has 3 aromatic rings. The van der Waals surface area contributed by atoms with Crippen LogP contribution in [0.2, 0.25) is 0 Å². The lowest BCUT2D eigenvalue weighted by molar-refractivity contribution is 0.306. The van der Waals surface area contributed by atoms with E-state index in [1.165, 1.54) is 10.4 Å². The van der Waals surface area contributed by atoms with Gasteiger partial charge in [-0.25, -0.2) is 4.98 Å². The molecule has 154 valence electrons. The maximum Gasteiger partial charge on any atom is 0.191 e. The number of guanidine groups is 1. The molecule has 0 unspecified atom stereocenters. The number of aliphatic imine (C=N–C) groups is 1. The molecule has 0 amide bonds. The van der Waals surface area contributed by atoms with Crippen LogP contribution in [0.25, 0.3) is 0 Å². The van der Waals surface area contributed by atoms with Gasteiger partial charge in [-0.2, -0.15) is 0 Å². The van der Waals surface area contributed by atoms with Gasteiger partial charge in [0.15, 0.2) is 5.96 Å². The number of halogens is 1. The lowest BCUT2D eigenvalue weighted by Gasteiger charge is -2.12. The first-order chi connectivity index (χ1) is 13.7. The van der Waals surface area contributed by atoms with Crippen LogP contribution in [-0.2, 0) is 19.6 Å². The molecule has 0 saturated carbocycles. The number of hydrogen-bond acceptors (Lipinski definition) is 4. The highest BCUT2D eigenvalue weighted by Gasteiger charge is 2.02. The van der Waals surface area contributed by atoms with Crippen molar-refractivity contribution in [3.8, 4) is 5.75 Å². The van der Waals surface area contributed by atoms with Crippen LogP contribution >= 0.6 is 35.3 Å². The molecule has 29 heavy (non-hydrogen) atoms. The number of nitrogens with zero attached hydrogens (tertiary/aromatic N) is 2. The van der Waals surface area contributed by atoms with Crippen LogP contribution in [0.4, 0.5) is 0 Å². The first-order valence-electron chi connectivity index (χ1n) is 9.34. The first kappa shape index (κ1) is 23.2. The highest BCUT2D eigenvalue weighted by Crippen LogP contribution is 2.12. The number of nitrogens with one attached hydrogen (secondary N) is 2. The summed E-state index contributed by atoms with van der Waals surface area (Å²) in [5.74, 6) is 1.68. The van der Waals surface area contributed by atoms with Crippen molar-refractivity contribution in [1.82, 2.24) is 15.6 Å². The molecule has 0 bridgehead atoms. The van der Waals surface area contributed by atoms with Crippen molar-refractivity contribution in [2.24, 2.45) is 4.99 Å². The van der Waals surface area contributed by atoms with E-state index in [1.54, 1.807) is 18.4 Å². The Bertz CT molecular complexity index is 881. The molecule has 3 rings (SSSR count). The van der Waals surface area contributed by atoms with Crippen LogP contribution in [0.5, 0.6) is 5.75 Å². The van der Waals surface area contributed by atoms with E-state index >= 15 is 0 Å². The van der Waals surface area contributed by atoms with Gasteiger partial charge in [0.05, 0.1) is 5.01 Å². The van der Waals surface area contributed by atoms with Gasteiger partial charge >= 0.3 is 0 Å². The maximum atomic E-state index is 5.78. The molecule has 7 heteroatoms. The molecule has 0 radical (unpaired) electrons. The van der Waals surface area contributed by atoms with Crippen molar-refractivity contribution in [1.29, 1.82) is 0 Å². The number of thiazole rings is 1. The molecule has 0 spiro atoms. The average molecular weight is 522 g/mol. The number of para-hydroxylation sites is 1. The summed E-state index contributed by atoms with van der Waals surface area (Å²) in [6.07, 6.45) is 2.82. The van der Waals surface area contributed by atoms with Crippen molar-refractivity contribution < 1.29 is 4.74 Å². The van der Waals surface area contributed by atoms with E-state index in [-0.39, 0.29) is 24.0 Å². The van der Waals surface area contributed by atoms with Crippen LogP contribution in [0.15, 0.2) is 65.8 Å². The largest absolute Gasteiger partial charge is 0.489 e. The van der Waals surface area contributed by atoms with E-state index in [1.807, 2.05) is 36.5 Å². The molecule has 2 aromatic carbocycles. The molecule has 0 aliphatic carbocycles. The average Bonchev–Trinajstić information content (AvgIpc) is 3.15. The fourth-order valence-corrected chi connectivity index (χ4v) is 3.43. The number of benzene rings is 2. The monoisotopic (exact) mass is 522 g/mol. The zero-order valence-electron chi connectivity index (χ0n) is 16.7. The summed E-state index contributed by atoms with van der Waals surface area (Å²) in [7, 11) is 1.78. The maximum absolute atomic E-state index is 5.78. The fraction of sp³-hybridized carbons (Fsp3) is 0.273. The number of ether oxygens (including phenoxy) is 1. The summed E-state index contributed by atoms with van der Waals surface area (Å²) in [5, 5.41) is 7.82. The van der Waals surface area contributed by atoms with Gasteiger partial charge < -0.3 is 15.4 Å². The van der Waals surface area contributed by atoms with Crippen molar-refractivity contribution in [2.75, 3.05) is 13.6 Å². The molecule has 0 atom stereocenters. The molecule has 0 aliphatic heterocycles. The Morgan fingerprint density at radius 2 is 1.76 bits per heavy atom. The lowest BCUT2D eigenvalue weighted by Crippen LogP contribution is -2.37. The highest BCUT2D eigenvalue weighted by molar-refractivity contribution is 14.0.